The van der Waals surface area contributed by atoms with E-state index in [2.05, 4.69) is 10.4 Å². The zero-order valence-corrected chi connectivity index (χ0v) is 11.9. The highest BCUT2D eigenvalue weighted by molar-refractivity contribution is 5.53. The van der Waals surface area contributed by atoms with Gasteiger partial charge in [-0.15, -0.1) is 0 Å². The maximum atomic E-state index is 9.85. The van der Waals surface area contributed by atoms with Crippen molar-refractivity contribution in [3.8, 4) is 17.2 Å². The molecule has 1 aromatic carbocycles. The van der Waals surface area contributed by atoms with Crippen molar-refractivity contribution in [3.05, 3.63) is 30.1 Å². The third-order valence-corrected chi connectivity index (χ3v) is 2.99. The van der Waals surface area contributed by atoms with Crippen molar-refractivity contribution in [3.63, 3.8) is 0 Å². The molecule has 6 heteroatoms. The van der Waals surface area contributed by atoms with Gasteiger partial charge in [-0.3, -0.25) is 4.68 Å². The van der Waals surface area contributed by atoms with Crippen molar-refractivity contribution in [1.29, 1.82) is 0 Å². The Kier molecular flexibility index (Phi) is 4.34. The van der Waals surface area contributed by atoms with Crippen LogP contribution >= 0.6 is 0 Å². The maximum absolute atomic E-state index is 9.85. The number of nitrogens with one attached hydrogen (secondary N) is 1. The molecule has 0 unspecified atom stereocenters. The van der Waals surface area contributed by atoms with E-state index in [1.54, 1.807) is 18.3 Å². The average Bonchev–Trinajstić information content (AvgIpc) is 2.94. The molecule has 1 aromatic heterocycles. The monoisotopic (exact) mass is 277 g/mol. The number of rotatable bonds is 6. The highest BCUT2D eigenvalue weighted by atomic mass is 16.5. The first-order valence-electron chi connectivity index (χ1n) is 6.38. The summed E-state index contributed by atoms with van der Waals surface area (Å²) in [6, 6.07) is 3.55. The van der Waals surface area contributed by atoms with Crippen molar-refractivity contribution >= 4 is 5.69 Å². The van der Waals surface area contributed by atoms with Gasteiger partial charge in [0, 0.05) is 19.3 Å². The predicted octanol–water partition coefficient (Wildman–Crippen LogP) is 2.24. The van der Waals surface area contributed by atoms with Gasteiger partial charge in [-0.05, 0) is 24.6 Å². The van der Waals surface area contributed by atoms with Crippen LogP contribution < -0.4 is 14.8 Å². The summed E-state index contributed by atoms with van der Waals surface area (Å²) >= 11 is 0. The van der Waals surface area contributed by atoms with Crippen molar-refractivity contribution < 1.29 is 14.6 Å². The Morgan fingerprint density at radius 2 is 1.90 bits per heavy atom. The van der Waals surface area contributed by atoms with Gasteiger partial charge in [0.05, 0.1) is 26.1 Å². The minimum absolute atomic E-state index is 0.0116. The molecule has 0 saturated carbocycles. The number of ether oxygens (including phenoxy) is 2. The van der Waals surface area contributed by atoms with Crippen molar-refractivity contribution in [2.45, 2.75) is 20.0 Å². The van der Waals surface area contributed by atoms with E-state index < -0.39 is 0 Å². The summed E-state index contributed by atoms with van der Waals surface area (Å²) in [6.45, 7) is 3.46. The number of anilines is 1. The lowest BCUT2D eigenvalue weighted by atomic mass is 10.2. The summed E-state index contributed by atoms with van der Waals surface area (Å²) in [4.78, 5) is 0. The van der Waals surface area contributed by atoms with Crippen LogP contribution in [0.25, 0.3) is 0 Å². The van der Waals surface area contributed by atoms with Crippen LogP contribution in [-0.2, 0) is 13.1 Å². The van der Waals surface area contributed by atoms with E-state index in [1.807, 2.05) is 17.8 Å². The number of phenols is 1. The Bertz CT molecular complexity index is 556. The van der Waals surface area contributed by atoms with Gasteiger partial charge in [0.2, 0.25) is 5.75 Å². The van der Waals surface area contributed by atoms with Gasteiger partial charge in [-0.25, -0.2) is 0 Å². The molecule has 0 radical (unpaired) electrons. The summed E-state index contributed by atoms with van der Waals surface area (Å²) < 4.78 is 12.1. The summed E-state index contributed by atoms with van der Waals surface area (Å²) in [5, 5.41) is 17.3. The fourth-order valence-electron chi connectivity index (χ4n) is 1.88. The molecule has 6 nitrogen and oxygen atoms in total. The normalized spacial score (nSPS) is 10.3. The standard InChI is InChI=1S/C14H19N3O3/c1-4-17-9-11(8-16-17)15-7-10-5-12(19-2)14(18)13(6-10)20-3/h5-6,8-9,15,18H,4,7H2,1-3H3. The van der Waals surface area contributed by atoms with Crippen LogP contribution in [0, 0.1) is 0 Å². The minimum atomic E-state index is 0.0116. The third-order valence-electron chi connectivity index (χ3n) is 2.99. The fourth-order valence-corrected chi connectivity index (χ4v) is 1.88. The minimum Gasteiger partial charge on any atom is -0.502 e. The lowest BCUT2D eigenvalue weighted by molar-refractivity contribution is 0.339. The van der Waals surface area contributed by atoms with Gasteiger partial charge in [0.15, 0.2) is 11.5 Å². The molecule has 0 amide bonds. The topological polar surface area (TPSA) is 68.5 Å². The van der Waals surface area contributed by atoms with Crippen LogP contribution in [0.15, 0.2) is 24.5 Å². The molecule has 2 aromatic rings. The highest BCUT2D eigenvalue weighted by Gasteiger charge is 2.11. The molecule has 0 spiro atoms. The van der Waals surface area contributed by atoms with Gasteiger partial charge in [-0.1, -0.05) is 0 Å². The zero-order chi connectivity index (χ0) is 14.5. The lowest BCUT2D eigenvalue weighted by Crippen LogP contribution is -2.00. The van der Waals surface area contributed by atoms with Gasteiger partial charge >= 0.3 is 0 Å². The summed E-state index contributed by atoms with van der Waals surface area (Å²) in [7, 11) is 3.02. The van der Waals surface area contributed by atoms with Crippen LogP contribution in [-0.4, -0.2) is 29.1 Å². The van der Waals surface area contributed by atoms with Crippen LogP contribution in [0.2, 0.25) is 0 Å². The Balaban J connectivity index is 2.12. The smallest absolute Gasteiger partial charge is 0.200 e. The third kappa shape index (κ3) is 2.96. The first-order valence-corrected chi connectivity index (χ1v) is 6.38. The number of aryl methyl sites for hydroxylation is 1. The number of phenolic OH excluding ortho intramolecular Hbond substituents is 1. The quantitative estimate of drug-likeness (QED) is 0.847. The number of methoxy groups -OCH3 is 2. The average molecular weight is 277 g/mol. The first kappa shape index (κ1) is 14.0. The maximum Gasteiger partial charge on any atom is 0.200 e. The van der Waals surface area contributed by atoms with E-state index >= 15 is 0 Å². The molecular formula is C14H19N3O3. The van der Waals surface area contributed by atoms with E-state index in [-0.39, 0.29) is 5.75 Å². The second-order valence-electron chi connectivity index (χ2n) is 4.29. The van der Waals surface area contributed by atoms with Crippen LogP contribution in [0.5, 0.6) is 17.2 Å². The van der Waals surface area contributed by atoms with Gasteiger partial charge < -0.3 is 19.9 Å². The number of benzene rings is 1. The van der Waals surface area contributed by atoms with E-state index in [1.165, 1.54) is 14.2 Å². The van der Waals surface area contributed by atoms with Crippen molar-refractivity contribution in [2.24, 2.45) is 0 Å². The molecule has 1 heterocycles. The first-order chi connectivity index (χ1) is 9.67. The fraction of sp³-hybridized carbons (Fsp3) is 0.357. The largest absolute Gasteiger partial charge is 0.502 e. The number of hydrogen-bond acceptors (Lipinski definition) is 5. The molecule has 2 rings (SSSR count). The number of aromatic nitrogens is 2. The highest BCUT2D eigenvalue weighted by Crippen LogP contribution is 2.37. The molecule has 0 fully saturated rings. The molecule has 0 aliphatic carbocycles. The Morgan fingerprint density at radius 1 is 1.25 bits per heavy atom. The predicted molar refractivity (Wildman–Crippen MR) is 76.4 cm³/mol. The molecule has 0 aliphatic rings. The van der Waals surface area contributed by atoms with Crippen LogP contribution in [0.3, 0.4) is 0 Å². The molecule has 0 bridgehead atoms. The number of aromatic hydroxyl groups is 1. The molecular weight excluding hydrogens is 258 g/mol. The number of hydrogen-bond donors (Lipinski definition) is 2. The Labute approximate surface area is 117 Å². The van der Waals surface area contributed by atoms with Crippen molar-refractivity contribution in [1.82, 2.24) is 9.78 Å². The molecule has 0 atom stereocenters. The van der Waals surface area contributed by atoms with Gasteiger partial charge in [-0.2, -0.15) is 5.10 Å². The van der Waals surface area contributed by atoms with E-state index in [9.17, 15) is 5.11 Å². The van der Waals surface area contributed by atoms with E-state index in [0.29, 0.717) is 18.0 Å². The second kappa shape index (κ2) is 6.18. The summed E-state index contributed by atoms with van der Waals surface area (Å²) in [6.07, 6.45) is 3.72. The molecule has 0 aliphatic heterocycles. The zero-order valence-electron chi connectivity index (χ0n) is 11.9. The van der Waals surface area contributed by atoms with E-state index in [0.717, 1.165) is 17.8 Å². The summed E-state index contributed by atoms with van der Waals surface area (Å²) in [5.41, 5.74) is 1.89. The molecule has 20 heavy (non-hydrogen) atoms. The van der Waals surface area contributed by atoms with Crippen LogP contribution in [0.1, 0.15) is 12.5 Å². The molecule has 0 saturated heterocycles. The SMILES string of the molecule is CCn1cc(NCc2cc(OC)c(O)c(OC)c2)cn1. The lowest BCUT2D eigenvalue weighted by Gasteiger charge is -2.11. The molecule has 2 N–H and O–H groups in total. The van der Waals surface area contributed by atoms with Gasteiger partial charge in [0.1, 0.15) is 0 Å². The summed E-state index contributed by atoms with van der Waals surface area (Å²) in [5.74, 6) is 0.799. The van der Waals surface area contributed by atoms with Crippen molar-refractivity contribution in [2.75, 3.05) is 19.5 Å². The Morgan fingerprint density at radius 3 is 2.40 bits per heavy atom. The van der Waals surface area contributed by atoms with Crippen LogP contribution in [0.4, 0.5) is 5.69 Å². The van der Waals surface area contributed by atoms with E-state index in [4.69, 9.17) is 9.47 Å². The second-order valence-corrected chi connectivity index (χ2v) is 4.29. The van der Waals surface area contributed by atoms with Gasteiger partial charge in [0.25, 0.3) is 0 Å². The number of nitrogens with zero attached hydrogens (tertiary/aromatic N) is 2. The Hall–Kier alpha value is -2.37. The molecule has 108 valence electrons.